The second kappa shape index (κ2) is 8.52. The first-order chi connectivity index (χ1) is 13.7. The normalized spacial score (nSPS) is 19.1. The molecule has 0 spiro atoms. The number of ether oxygens (including phenoxy) is 1. The maximum Gasteiger partial charge on any atom is 0.144 e. The quantitative estimate of drug-likeness (QED) is 0.587. The summed E-state index contributed by atoms with van der Waals surface area (Å²) in [5, 5.41) is 7.96. The summed E-state index contributed by atoms with van der Waals surface area (Å²) in [6.07, 6.45) is 3.87. The summed E-state index contributed by atoms with van der Waals surface area (Å²) >= 11 is 0. The van der Waals surface area contributed by atoms with Crippen LogP contribution >= 0.6 is 0 Å². The minimum atomic E-state index is -0.212. The fourth-order valence-electron chi connectivity index (χ4n) is 3.56. The van der Waals surface area contributed by atoms with Crippen LogP contribution in [0.5, 0.6) is 5.75 Å². The van der Waals surface area contributed by atoms with Crippen LogP contribution in [0.4, 0.5) is 4.39 Å². The van der Waals surface area contributed by atoms with Crippen molar-refractivity contribution in [3.05, 3.63) is 77.9 Å². The lowest BCUT2D eigenvalue weighted by atomic mass is 9.95. The molecule has 7 heteroatoms. The van der Waals surface area contributed by atoms with E-state index in [9.17, 15) is 4.39 Å². The first kappa shape index (κ1) is 18.6. The van der Waals surface area contributed by atoms with E-state index in [0.29, 0.717) is 5.92 Å². The van der Waals surface area contributed by atoms with Gasteiger partial charge in [0.15, 0.2) is 0 Å². The van der Waals surface area contributed by atoms with E-state index in [-0.39, 0.29) is 11.9 Å². The molecule has 28 heavy (non-hydrogen) atoms. The van der Waals surface area contributed by atoms with Gasteiger partial charge in [-0.05, 0) is 29.8 Å². The summed E-state index contributed by atoms with van der Waals surface area (Å²) in [5.41, 5.74) is 9.59. The van der Waals surface area contributed by atoms with Gasteiger partial charge in [0.25, 0.3) is 0 Å². The van der Waals surface area contributed by atoms with E-state index >= 15 is 0 Å². The van der Waals surface area contributed by atoms with Crippen molar-refractivity contribution in [2.45, 2.75) is 12.6 Å². The molecule has 1 aliphatic heterocycles. The number of nitrogens with one attached hydrogen (secondary N) is 3. The summed E-state index contributed by atoms with van der Waals surface area (Å²) in [6, 6.07) is 14.6. The monoisotopic (exact) mass is 381 g/mol. The van der Waals surface area contributed by atoms with Crippen molar-refractivity contribution in [3.63, 3.8) is 0 Å². The lowest BCUT2D eigenvalue weighted by Gasteiger charge is -2.19. The minimum absolute atomic E-state index is 0.157. The fraction of sp³-hybridized carbons (Fsp3) is 0.286. The van der Waals surface area contributed by atoms with Crippen molar-refractivity contribution in [1.29, 1.82) is 0 Å². The number of nitrogens with zero attached hydrogens (tertiary/aromatic N) is 2. The first-order valence-corrected chi connectivity index (χ1v) is 9.36. The van der Waals surface area contributed by atoms with Gasteiger partial charge >= 0.3 is 0 Å². The van der Waals surface area contributed by atoms with Crippen LogP contribution in [-0.2, 0) is 6.54 Å². The van der Waals surface area contributed by atoms with Gasteiger partial charge in [-0.15, -0.1) is 0 Å². The van der Waals surface area contributed by atoms with E-state index in [1.165, 1.54) is 12.1 Å². The molecule has 4 rings (SSSR count). The van der Waals surface area contributed by atoms with Gasteiger partial charge in [0.05, 0.1) is 19.3 Å². The van der Waals surface area contributed by atoms with Gasteiger partial charge in [-0.1, -0.05) is 24.3 Å². The Morgan fingerprint density at radius 1 is 1.21 bits per heavy atom. The maximum atomic E-state index is 13.2. The van der Waals surface area contributed by atoms with Crippen LogP contribution in [0.2, 0.25) is 0 Å². The van der Waals surface area contributed by atoms with Crippen LogP contribution in [-0.4, -0.2) is 30.0 Å². The zero-order valence-electron chi connectivity index (χ0n) is 15.7. The van der Waals surface area contributed by atoms with Gasteiger partial charge in [0, 0.05) is 37.3 Å². The zero-order chi connectivity index (χ0) is 19.3. The second-order valence-electron chi connectivity index (χ2n) is 6.91. The molecule has 2 aromatic carbocycles. The number of halogens is 1. The van der Waals surface area contributed by atoms with Gasteiger partial charge in [0.2, 0.25) is 0 Å². The Kier molecular flexibility index (Phi) is 5.66. The highest BCUT2D eigenvalue weighted by atomic mass is 19.1. The Morgan fingerprint density at radius 3 is 2.86 bits per heavy atom. The predicted octanol–water partition coefficient (Wildman–Crippen LogP) is 2.57. The van der Waals surface area contributed by atoms with Crippen molar-refractivity contribution in [2.75, 3.05) is 20.2 Å². The van der Waals surface area contributed by atoms with Crippen LogP contribution in [0.1, 0.15) is 17.2 Å². The van der Waals surface area contributed by atoms with E-state index in [4.69, 9.17) is 4.74 Å². The molecule has 3 N–H and O–H groups in total. The molecule has 0 bridgehead atoms. The number of para-hydroxylation sites is 2. The lowest BCUT2D eigenvalue weighted by molar-refractivity contribution is 0.411. The highest BCUT2D eigenvalue weighted by Gasteiger charge is 2.27. The van der Waals surface area contributed by atoms with Crippen LogP contribution in [0.15, 0.2) is 60.9 Å². The Bertz CT molecular complexity index is 911. The number of aromatic nitrogens is 2. The van der Waals surface area contributed by atoms with Crippen LogP contribution in [0.25, 0.3) is 5.69 Å². The van der Waals surface area contributed by atoms with E-state index in [0.717, 1.165) is 42.2 Å². The van der Waals surface area contributed by atoms with Gasteiger partial charge in [0.1, 0.15) is 17.3 Å². The van der Waals surface area contributed by atoms with Gasteiger partial charge in [-0.25, -0.2) is 14.5 Å². The number of hydrogen-bond acceptors (Lipinski definition) is 5. The van der Waals surface area contributed by atoms with Crippen molar-refractivity contribution in [1.82, 2.24) is 25.9 Å². The molecule has 0 aliphatic carbocycles. The number of hydrogen-bond donors (Lipinski definition) is 3. The molecule has 1 fully saturated rings. The molecule has 0 radical (unpaired) electrons. The molecule has 0 amide bonds. The molecule has 1 saturated heterocycles. The molecule has 2 unspecified atom stereocenters. The fourth-order valence-corrected chi connectivity index (χ4v) is 3.56. The summed E-state index contributed by atoms with van der Waals surface area (Å²) in [6.45, 7) is 2.42. The third-order valence-electron chi connectivity index (χ3n) is 5.03. The second-order valence-corrected chi connectivity index (χ2v) is 6.91. The molecule has 3 aromatic rings. The molecule has 1 aliphatic rings. The van der Waals surface area contributed by atoms with Crippen LogP contribution < -0.4 is 20.9 Å². The van der Waals surface area contributed by atoms with E-state index in [2.05, 4.69) is 21.3 Å². The SMILES string of the molecule is COc1ccccc1-n1cc(CNCC2CNNC2c2ccc(F)cc2)cn1. The van der Waals surface area contributed by atoms with Crippen molar-refractivity contribution in [2.24, 2.45) is 5.92 Å². The summed E-state index contributed by atoms with van der Waals surface area (Å²) in [5.74, 6) is 0.946. The van der Waals surface area contributed by atoms with E-state index in [1.807, 2.05) is 53.5 Å². The number of rotatable bonds is 7. The molecule has 0 saturated carbocycles. The molecule has 2 heterocycles. The standard InChI is InChI=1S/C21H24FN5O/c1-28-20-5-3-2-4-19(20)27-14-15(11-25-27)10-23-12-17-13-24-26-21(17)16-6-8-18(22)9-7-16/h2-9,11,14,17,21,23-24,26H,10,12-13H2,1H3. The number of benzene rings is 2. The van der Waals surface area contributed by atoms with Crippen molar-refractivity contribution in [3.8, 4) is 11.4 Å². The first-order valence-electron chi connectivity index (χ1n) is 9.36. The number of hydrazine groups is 1. The van der Waals surface area contributed by atoms with E-state index < -0.39 is 0 Å². The topological polar surface area (TPSA) is 63.1 Å². The Labute approximate surface area is 163 Å². The van der Waals surface area contributed by atoms with Gasteiger partial charge in [-0.2, -0.15) is 5.10 Å². The Balaban J connectivity index is 1.35. The highest BCUT2D eigenvalue weighted by Crippen LogP contribution is 2.25. The predicted molar refractivity (Wildman–Crippen MR) is 106 cm³/mol. The Morgan fingerprint density at radius 2 is 2.04 bits per heavy atom. The lowest BCUT2D eigenvalue weighted by Crippen LogP contribution is -2.28. The summed E-state index contributed by atoms with van der Waals surface area (Å²) in [7, 11) is 1.66. The third kappa shape index (κ3) is 4.06. The van der Waals surface area contributed by atoms with Gasteiger partial charge in [-0.3, -0.25) is 5.43 Å². The van der Waals surface area contributed by atoms with Crippen LogP contribution in [0.3, 0.4) is 0 Å². The Hall–Kier alpha value is -2.74. The maximum absolute atomic E-state index is 13.2. The molecule has 146 valence electrons. The van der Waals surface area contributed by atoms with Crippen molar-refractivity contribution >= 4 is 0 Å². The highest BCUT2D eigenvalue weighted by molar-refractivity contribution is 5.46. The van der Waals surface area contributed by atoms with Crippen molar-refractivity contribution < 1.29 is 9.13 Å². The average Bonchev–Trinajstić information content (AvgIpc) is 3.38. The summed E-state index contributed by atoms with van der Waals surface area (Å²) < 4.78 is 20.4. The summed E-state index contributed by atoms with van der Waals surface area (Å²) in [4.78, 5) is 0. The van der Waals surface area contributed by atoms with Crippen LogP contribution in [0, 0.1) is 11.7 Å². The zero-order valence-corrected chi connectivity index (χ0v) is 15.7. The minimum Gasteiger partial charge on any atom is -0.494 e. The van der Waals surface area contributed by atoms with E-state index in [1.54, 1.807) is 7.11 Å². The molecular weight excluding hydrogens is 357 g/mol. The third-order valence-corrected chi connectivity index (χ3v) is 5.03. The smallest absolute Gasteiger partial charge is 0.144 e. The largest absolute Gasteiger partial charge is 0.494 e. The van der Waals surface area contributed by atoms with Gasteiger partial charge < -0.3 is 10.1 Å². The average molecular weight is 381 g/mol. The number of methoxy groups -OCH3 is 1. The molecule has 1 aromatic heterocycles. The molecule has 2 atom stereocenters. The molecular formula is C21H24FN5O. The molecule has 6 nitrogen and oxygen atoms in total.